The molecule has 32 heavy (non-hydrogen) atoms. The van der Waals surface area contributed by atoms with Crippen LogP contribution < -0.4 is 16.4 Å². The van der Waals surface area contributed by atoms with Crippen molar-refractivity contribution in [2.75, 3.05) is 6.54 Å². The third-order valence-electron chi connectivity index (χ3n) is 5.98. The lowest BCUT2D eigenvalue weighted by molar-refractivity contribution is -0.145. The second-order valence-electron chi connectivity index (χ2n) is 8.43. The summed E-state index contributed by atoms with van der Waals surface area (Å²) in [6.07, 6.45) is 2.00. The molecule has 176 valence electrons. The smallest absolute Gasteiger partial charge is 0.326 e. The number of amides is 3. The highest BCUT2D eigenvalue weighted by atomic mass is 16.4. The predicted molar refractivity (Wildman–Crippen MR) is 119 cm³/mol. The van der Waals surface area contributed by atoms with Crippen molar-refractivity contribution in [3.8, 4) is 0 Å². The summed E-state index contributed by atoms with van der Waals surface area (Å²) in [5, 5.41) is 14.7. The van der Waals surface area contributed by atoms with E-state index in [0.717, 1.165) is 5.56 Å². The molecule has 2 rings (SSSR count). The van der Waals surface area contributed by atoms with Crippen LogP contribution in [-0.2, 0) is 25.6 Å². The van der Waals surface area contributed by atoms with Crippen LogP contribution in [-0.4, -0.2) is 64.4 Å². The molecule has 0 radical (unpaired) electrons. The number of hydrogen-bond acceptors (Lipinski definition) is 5. The molecular formula is C23H34N4O5. The van der Waals surface area contributed by atoms with E-state index in [1.165, 1.54) is 4.90 Å². The Morgan fingerprint density at radius 2 is 1.81 bits per heavy atom. The van der Waals surface area contributed by atoms with Crippen LogP contribution >= 0.6 is 0 Å². The second-order valence-corrected chi connectivity index (χ2v) is 8.43. The molecular weight excluding hydrogens is 412 g/mol. The van der Waals surface area contributed by atoms with Gasteiger partial charge in [-0.05, 0) is 37.7 Å². The molecule has 1 aromatic carbocycles. The molecule has 3 amide bonds. The zero-order valence-corrected chi connectivity index (χ0v) is 18.9. The number of benzene rings is 1. The number of hydrogen-bond donors (Lipinski definition) is 4. The maximum atomic E-state index is 13.0. The van der Waals surface area contributed by atoms with E-state index in [1.807, 2.05) is 37.3 Å². The standard InChI is InChI=1S/C23H34N4O5/c1-4-14(2)19(23(31)32)26-21(29)18-11-8-12-27(18)22(30)15(3)25-20(28)17(24)13-16-9-6-5-7-10-16/h5-7,9-10,14-15,17-19H,4,8,11-13,24H2,1-3H3,(H,25,28)(H,26,29)(H,31,32). The number of rotatable bonds is 10. The Labute approximate surface area is 188 Å². The van der Waals surface area contributed by atoms with Gasteiger partial charge in [-0.1, -0.05) is 50.6 Å². The van der Waals surface area contributed by atoms with E-state index in [-0.39, 0.29) is 5.92 Å². The van der Waals surface area contributed by atoms with Gasteiger partial charge in [0.15, 0.2) is 0 Å². The minimum absolute atomic E-state index is 0.244. The van der Waals surface area contributed by atoms with Gasteiger partial charge in [-0.2, -0.15) is 0 Å². The molecule has 0 aromatic heterocycles. The van der Waals surface area contributed by atoms with Crippen LogP contribution in [0.15, 0.2) is 30.3 Å². The van der Waals surface area contributed by atoms with Crippen LogP contribution in [0.2, 0.25) is 0 Å². The topological polar surface area (TPSA) is 142 Å². The van der Waals surface area contributed by atoms with Crippen molar-refractivity contribution in [3.63, 3.8) is 0 Å². The molecule has 0 spiro atoms. The van der Waals surface area contributed by atoms with Gasteiger partial charge < -0.3 is 26.4 Å². The normalized spacial score (nSPS) is 19.5. The zero-order chi connectivity index (χ0) is 23.8. The minimum atomic E-state index is -1.10. The second kappa shape index (κ2) is 11.6. The maximum absolute atomic E-state index is 13.0. The number of nitrogens with two attached hydrogens (primary N) is 1. The zero-order valence-electron chi connectivity index (χ0n) is 18.9. The lowest BCUT2D eigenvalue weighted by Gasteiger charge is -2.29. The van der Waals surface area contributed by atoms with Crippen molar-refractivity contribution in [1.29, 1.82) is 0 Å². The first-order valence-corrected chi connectivity index (χ1v) is 11.1. The SMILES string of the molecule is CCC(C)C(NC(=O)C1CCCN1C(=O)C(C)NC(=O)C(N)Cc1ccccc1)C(=O)O. The fourth-order valence-electron chi connectivity index (χ4n) is 3.83. The van der Waals surface area contributed by atoms with Crippen LogP contribution in [0.1, 0.15) is 45.6 Å². The van der Waals surface area contributed by atoms with Gasteiger partial charge in [0.1, 0.15) is 18.1 Å². The van der Waals surface area contributed by atoms with Gasteiger partial charge in [-0.25, -0.2) is 4.79 Å². The molecule has 1 saturated heterocycles. The first-order chi connectivity index (χ1) is 15.1. The molecule has 0 aliphatic carbocycles. The van der Waals surface area contributed by atoms with E-state index in [0.29, 0.717) is 32.2 Å². The predicted octanol–water partition coefficient (Wildman–Crippen LogP) is 0.668. The quantitative estimate of drug-likeness (QED) is 0.416. The molecule has 9 nitrogen and oxygen atoms in total. The Kier molecular flexibility index (Phi) is 9.19. The highest BCUT2D eigenvalue weighted by Gasteiger charge is 2.38. The number of carboxylic acids is 1. The van der Waals surface area contributed by atoms with E-state index in [4.69, 9.17) is 5.73 Å². The Balaban J connectivity index is 1.97. The lowest BCUT2D eigenvalue weighted by atomic mass is 9.98. The number of carbonyl (C=O) groups excluding carboxylic acids is 3. The van der Waals surface area contributed by atoms with Gasteiger partial charge in [0.2, 0.25) is 17.7 Å². The molecule has 1 aromatic rings. The van der Waals surface area contributed by atoms with Crippen LogP contribution in [0.25, 0.3) is 0 Å². The number of carboxylic acid groups (broad SMARTS) is 1. The first kappa shape index (κ1) is 25.3. The van der Waals surface area contributed by atoms with Crippen LogP contribution in [0.5, 0.6) is 0 Å². The highest BCUT2D eigenvalue weighted by Crippen LogP contribution is 2.20. The summed E-state index contributed by atoms with van der Waals surface area (Å²) >= 11 is 0. The lowest BCUT2D eigenvalue weighted by Crippen LogP contribution is -2.56. The first-order valence-electron chi connectivity index (χ1n) is 11.1. The molecule has 1 aliphatic heterocycles. The third kappa shape index (κ3) is 6.53. The van der Waals surface area contributed by atoms with E-state index in [2.05, 4.69) is 10.6 Å². The van der Waals surface area contributed by atoms with Gasteiger partial charge in [0.05, 0.1) is 6.04 Å². The van der Waals surface area contributed by atoms with Crippen molar-refractivity contribution in [1.82, 2.24) is 15.5 Å². The van der Waals surface area contributed by atoms with E-state index >= 15 is 0 Å². The van der Waals surface area contributed by atoms with Crippen LogP contribution in [0, 0.1) is 5.92 Å². The van der Waals surface area contributed by atoms with E-state index in [9.17, 15) is 24.3 Å². The van der Waals surface area contributed by atoms with E-state index in [1.54, 1.807) is 13.8 Å². The Morgan fingerprint density at radius 1 is 1.16 bits per heavy atom. The van der Waals surface area contributed by atoms with Gasteiger partial charge in [-0.3, -0.25) is 14.4 Å². The average Bonchev–Trinajstić information content (AvgIpc) is 3.26. The molecule has 5 N–H and O–H groups in total. The summed E-state index contributed by atoms with van der Waals surface area (Å²) in [6, 6.07) is 5.91. The maximum Gasteiger partial charge on any atom is 0.326 e. The van der Waals surface area contributed by atoms with Crippen LogP contribution in [0.3, 0.4) is 0 Å². The van der Waals surface area contributed by atoms with Crippen molar-refractivity contribution < 1.29 is 24.3 Å². The number of nitrogens with one attached hydrogen (secondary N) is 2. The molecule has 1 fully saturated rings. The Morgan fingerprint density at radius 3 is 2.41 bits per heavy atom. The number of nitrogens with zero attached hydrogens (tertiary/aromatic N) is 1. The van der Waals surface area contributed by atoms with Crippen molar-refractivity contribution in [3.05, 3.63) is 35.9 Å². The fourth-order valence-corrected chi connectivity index (χ4v) is 3.83. The number of likely N-dealkylation sites (tertiary alicyclic amines) is 1. The van der Waals surface area contributed by atoms with E-state index < -0.39 is 47.9 Å². The number of carbonyl (C=O) groups is 4. The minimum Gasteiger partial charge on any atom is -0.480 e. The summed E-state index contributed by atoms with van der Waals surface area (Å²) in [7, 11) is 0. The largest absolute Gasteiger partial charge is 0.480 e. The summed E-state index contributed by atoms with van der Waals surface area (Å²) in [4.78, 5) is 51.2. The van der Waals surface area contributed by atoms with Gasteiger partial charge >= 0.3 is 5.97 Å². The van der Waals surface area contributed by atoms with Gasteiger partial charge in [0, 0.05) is 6.54 Å². The Bertz CT molecular complexity index is 816. The molecule has 0 saturated carbocycles. The van der Waals surface area contributed by atoms with Crippen LogP contribution in [0.4, 0.5) is 0 Å². The summed E-state index contributed by atoms with van der Waals surface area (Å²) in [6.45, 7) is 5.54. The van der Waals surface area contributed by atoms with Crippen molar-refractivity contribution in [2.24, 2.45) is 11.7 Å². The number of aliphatic carboxylic acids is 1. The highest BCUT2D eigenvalue weighted by molar-refractivity contribution is 5.94. The molecule has 5 unspecified atom stereocenters. The molecule has 1 heterocycles. The average molecular weight is 447 g/mol. The third-order valence-corrected chi connectivity index (χ3v) is 5.98. The summed E-state index contributed by atoms with van der Waals surface area (Å²) in [5.74, 6) is -2.67. The van der Waals surface area contributed by atoms with Gasteiger partial charge in [-0.15, -0.1) is 0 Å². The molecule has 9 heteroatoms. The molecule has 0 bridgehead atoms. The monoisotopic (exact) mass is 446 g/mol. The summed E-state index contributed by atoms with van der Waals surface area (Å²) < 4.78 is 0. The Hall–Kier alpha value is -2.94. The molecule has 1 aliphatic rings. The fraction of sp³-hybridized carbons (Fsp3) is 0.565. The van der Waals surface area contributed by atoms with Gasteiger partial charge in [0.25, 0.3) is 0 Å². The summed E-state index contributed by atoms with van der Waals surface area (Å²) in [5.41, 5.74) is 6.91. The van der Waals surface area contributed by atoms with Crippen molar-refractivity contribution >= 4 is 23.7 Å². The van der Waals surface area contributed by atoms with Crippen molar-refractivity contribution in [2.45, 2.75) is 70.6 Å². The molecule has 5 atom stereocenters.